The normalized spacial score (nSPS) is 11.2. The van der Waals surface area contributed by atoms with Gasteiger partial charge in [0.1, 0.15) is 11.2 Å². The molecule has 1 heterocycles. The molecule has 0 N–H and O–H groups in total. The number of hydrogen-bond donors (Lipinski definition) is 0. The standard InChI is InChI=1S/C26H28ClN4O4.Li/c1-25(2,3)34-21(32)19(22(33)35-26(4,5)6)20-28-23(27)30-24(29-20)31(17-13-9-7-10-14-17)18-15-11-8-12-16-18;/h7-16H,1-6H3;/q-1;+1. The molecular weight excluding hydrogens is 475 g/mol. The summed E-state index contributed by atoms with van der Waals surface area (Å²) in [5.41, 5.74) is -0.264. The van der Waals surface area contributed by atoms with Crippen molar-refractivity contribution >= 4 is 40.9 Å². The van der Waals surface area contributed by atoms with Crippen LogP contribution in [0.1, 0.15) is 47.4 Å². The van der Waals surface area contributed by atoms with Crippen LogP contribution in [0.15, 0.2) is 60.7 Å². The maximum Gasteiger partial charge on any atom is 1.00 e. The summed E-state index contributed by atoms with van der Waals surface area (Å²) in [6, 6.07) is 18.7. The van der Waals surface area contributed by atoms with Crippen LogP contribution >= 0.6 is 11.6 Å². The van der Waals surface area contributed by atoms with Crippen molar-refractivity contribution in [1.29, 1.82) is 0 Å². The van der Waals surface area contributed by atoms with Crippen molar-refractivity contribution in [3.8, 4) is 0 Å². The summed E-state index contributed by atoms with van der Waals surface area (Å²) in [6.45, 7) is 10.1. The molecule has 3 rings (SSSR count). The van der Waals surface area contributed by atoms with Gasteiger partial charge in [0.05, 0.1) is 0 Å². The number of halogens is 1. The summed E-state index contributed by atoms with van der Waals surface area (Å²) in [6.07, 6.45) is 0. The molecule has 3 aromatic rings. The largest absolute Gasteiger partial charge is 1.00 e. The van der Waals surface area contributed by atoms with Crippen molar-refractivity contribution in [2.45, 2.75) is 52.7 Å². The Labute approximate surface area is 228 Å². The molecule has 0 spiro atoms. The summed E-state index contributed by atoms with van der Waals surface area (Å²) < 4.78 is 10.9. The molecular formula is C26H28ClLiN4O4. The van der Waals surface area contributed by atoms with Gasteiger partial charge >= 0.3 is 18.9 Å². The van der Waals surface area contributed by atoms with Crippen LogP contribution in [0.3, 0.4) is 0 Å². The molecule has 0 aliphatic rings. The zero-order chi connectivity index (χ0) is 25.8. The predicted octanol–water partition coefficient (Wildman–Crippen LogP) is 2.60. The number of para-hydroxylation sites is 2. The third-order valence-electron chi connectivity index (χ3n) is 4.25. The molecule has 0 saturated heterocycles. The number of carbonyl (C=O) groups excluding carboxylic acids is 2. The molecule has 0 atom stereocenters. The molecule has 0 aliphatic carbocycles. The van der Waals surface area contributed by atoms with Gasteiger partial charge in [-0.15, -0.1) is 5.92 Å². The number of hydrogen-bond acceptors (Lipinski definition) is 8. The van der Waals surface area contributed by atoms with Crippen molar-refractivity contribution in [1.82, 2.24) is 15.0 Å². The first-order valence-corrected chi connectivity index (χ1v) is 11.4. The average Bonchev–Trinajstić information content (AvgIpc) is 2.73. The Hall–Kier alpha value is -3.05. The first-order valence-electron chi connectivity index (χ1n) is 11.0. The zero-order valence-corrected chi connectivity index (χ0v) is 22.3. The summed E-state index contributed by atoms with van der Waals surface area (Å²) in [5, 5.41) is -0.202. The minimum atomic E-state index is -0.925. The van der Waals surface area contributed by atoms with Crippen LogP contribution < -0.4 is 23.8 Å². The minimum absolute atomic E-state index is 0. The van der Waals surface area contributed by atoms with Crippen LogP contribution in [0.5, 0.6) is 0 Å². The van der Waals surface area contributed by atoms with Crippen molar-refractivity contribution < 1.29 is 37.9 Å². The van der Waals surface area contributed by atoms with E-state index in [4.69, 9.17) is 21.1 Å². The van der Waals surface area contributed by atoms with E-state index < -0.39 is 29.1 Å². The molecule has 10 heteroatoms. The molecule has 0 aliphatic heterocycles. The quantitative estimate of drug-likeness (QED) is 0.220. The molecule has 0 saturated carbocycles. The second-order valence-electron chi connectivity index (χ2n) is 9.61. The van der Waals surface area contributed by atoms with Crippen molar-refractivity contribution in [2.75, 3.05) is 4.90 Å². The molecule has 8 nitrogen and oxygen atoms in total. The molecule has 2 aromatic carbocycles. The van der Waals surface area contributed by atoms with E-state index in [2.05, 4.69) is 15.0 Å². The van der Waals surface area contributed by atoms with E-state index in [1.165, 1.54) is 0 Å². The fourth-order valence-electron chi connectivity index (χ4n) is 3.01. The van der Waals surface area contributed by atoms with Gasteiger partial charge in [-0.25, -0.2) is 9.97 Å². The van der Waals surface area contributed by atoms with Gasteiger partial charge in [0.25, 0.3) is 0 Å². The topological polar surface area (TPSA) is 94.5 Å². The van der Waals surface area contributed by atoms with E-state index >= 15 is 0 Å². The molecule has 184 valence electrons. The fraction of sp³-hybridized carbons (Fsp3) is 0.308. The van der Waals surface area contributed by atoms with Gasteiger partial charge in [-0.05, 0) is 77.4 Å². The number of nitrogens with zero attached hydrogens (tertiary/aromatic N) is 4. The van der Waals surface area contributed by atoms with E-state index in [1.54, 1.807) is 46.4 Å². The van der Waals surface area contributed by atoms with Gasteiger partial charge < -0.3 is 9.47 Å². The third-order valence-corrected chi connectivity index (χ3v) is 4.42. The second kappa shape index (κ2) is 11.8. The predicted molar refractivity (Wildman–Crippen MR) is 134 cm³/mol. The smallest absolute Gasteiger partial charge is 0.481 e. The Kier molecular flexibility index (Phi) is 9.55. The summed E-state index contributed by atoms with van der Waals surface area (Å²) in [4.78, 5) is 40.8. The second-order valence-corrected chi connectivity index (χ2v) is 9.95. The number of carbonyl (C=O) groups is 2. The average molecular weight is 503 g/mol. The van der Waals surface area contributed by atoms with E-state index in [9.17, 15) is 9.59 Å². The Bertz CT molecular complexity index is 1110. The van der Waals surface area contributed by atoms with Crippen LogP contribution in [0.25, 0.3) is 0 Å². The van der Waals surface area contributed by atoms with Crippen molar-refractivity contribution in [3.05, 3.63) is 77.7 Å². The SMILES string of the molecule is CC(C)(C)OC(=O)[C-](C(=O)OC(C)(C)C)c1nc(Cl)nc(N(c2ccccc2)c2ccccc2)n1.[Li+]. The maximum absolute atomic E-state index is 13.1. The summed E-state index contributed by atoms with van der Waals surface area (Å²) in [7, 11) is 0. The van der Waals surface area contributed by atoms with E-state index in [1.807, 2.05) is 60.7 Å². The van der Waals surface area contributed by atoms with Crippen LogP contribution in [-0.2, 0) is 19.1 Å². The van der Waals surface area contributed by atoms with Crippen LogP contribution in [0.4, 0.5) is 17.3 Å². The van der Waals surface area contributed by atoms with Gasteiger partial charge in [-0.1, -0.05) is 36.4 Å². The van der Waals surface area contributed by atoms with Gasteiger partial charge in [-0.2, -0.15) is 4.98 Å². The van der Waals surface area contributed by atoms with Crippen LogP contribution in [0.2, 0.25) is 5.28 Å². The van der Waals surface area contributed by atoms with Gasteiger partial charge in [-0.3, -0.25) is 14.5 Å². The summed E-state index contributed by atoms with van der Waals surface area (Å²) >= 11 is 6.28. The number of aromatic nitrogens is 3. The van der Waals surface area contributed by atoms with Gasteiger partial charge in [0, 0.05) is 17.2 Å². The van der Waals surface area contributed by atoms with Gasteiger partial charge in [0.15, 0.2) is 11.9 Å². The molecule has 36 heavy (non-hydrogen) atoms. The van der Waals surface area contributed by atoms with Crippen LogP contribution in [0, 0.1) is 5.92 Å². The first kappa shape index (κ1) is 29.2. The van der Waals surface area contributed by atoms with Crippen molar-refractivity contribution in [2.24, 2.45) is 0 Å². The molecule has 0 amide bonds. The number of anilines is 3. The van der Waals surface area contributed by atoms with E-state index in [0.29, 0.717) is 0 Å². The summed E-state index contributed by atoms with van der Waals surface area (Å²) in [5.74, 6) is -2.46. The first-order chi connectivity index (χ1) is 16.3. The van der Waals surface area contributed by atoms with Gasteiger partial charge in [0.2, 0.25) is 11.2 Å². The molecule has 1 aromatic heterocycles. The van der Waals surface area contributed by atoms with Crippen LogP contribution in [-0.4, -0.2) is 38.1 Å². The Morgan fingerprint density at radius 3 is 1.56 bits per heavy atom. The molecule has 0 unspecified atom stereocenters. The number of benzene rings is 2. The molecule has 0 bridgehead atoms. The third kappa shape index (κ3) is 7.99. The Morgan fingerprint density at radius 1 is 0.750 bits per heavy atom. The monoisotopic (exact) mass is 502 g/mol. The number of esters is 2. The van der Waals surface area contributed by atoms with Crippen molar-refractivity contribution in [3.63, 3.8) is 0 Å². The fourth-order valence-corrected chi connectivity index (χ4v) is 3.17. The molecule has 0 radical (unpaired) electrons. The minimum Gasteiger partial charge on any atom is -0.481 e. The number of ether oxygens (including phenoxy) is 2. The zero-order valence-electron chi connectivity index (χ0n) is 21.6. The Balaban J connectivity index is 0.00000456. The Morgan fingerprint density at radius 2 is 1.17 bits per heavy atom. The maximum atomic E-state index is 13.1. The number of rotatable bonds is 6. The molecule has 0 fully saturated rings. The van der Waals surface area contributed by atoms with E-state index in [-0.39, 0.29) is 35.9 Å². The van der Waals surface area contributed by atoms with E-state index in [0.717, 1.165) is 11.4 Å².